The lowest BCUT2D eigenvalue weighted by Gasteiger charge is -2.29. The van der Waals surface area contributed by atoms with Crippen molar-refractivity contribution in [3.63, 3.8) is 0 Å². The van der Waals surface area contributed by atoms with E-state index in [1.165, 1.54) is 0 Å². The van der Waals surface area contributed by atoms with Crippen LogP contribution in [0.1, 0.15) is 27.7 Å². The summed E-state index contributed by atoms with van der Waals surface area (Å²) in [6, 6.07) is 1.15. The van der Waals surface area contributed by atoms with Crippen molar-refractivity contribution >= 4 is 19.4 Å². The smallest absolute Gasteiger partial charge is 0.110 e. The maximum absolute atomic E-state index is 5.43. The molecule has 0 fully saturated rings. The van der Waals surface area contributed by atoms with Crippen molar-refractivity contribution in [1.82, 2.24) is 4.90 Å². The molecule has 0 aliphatic rings. The van der Waals surface area contributed by atoms with Gasteiger partial charge in [0, 0.05) is 18.6 Å². The van der Waals surface area contributed by atoms with E-state index in [9.17, 15) is 0 Å². The van der Waals surface area contributed by atoms with Crippen LogP contribution in [0.4, 0.5) is 0 Å². The van der Waals surface area contributed by atoms with Gasteiger partial charge in [-0.3, -0.25) is 4.90 Å². The number of rotatable bonds is 6. The SMILES string of the molecule is CC(C)N(CCOPCl)C(C)C. The summed E-state index contributed by atoms with van der Waals surface area (Å²) >= 11 is 5.43. The van der Waals surface area contributed by atoms with Crippen molar-refractivity contribution in [3.05, 3.63) is 0 Å². The van der Waals surface area contributed by atoms with Crippen molar-refractivity contribution in [2.24, 2.45) is 0 Å². The Kier molecular flexibility index (Phi) is 7.46. The van der Waals surface area contributed by atoms with Crippen LogP contribution in [-0.2, 0) is 4.52 Å². The first-order valence-electron chi connectivity index (χ1n) is 4.32. The van der Waals surface area contributed by atoms with Crippen molar-refractivity contribution in [3.8, 4) is 0 Å². The lowest BCUT2D eigenvalue weighted by Crippen LogP contribution is -2.39. The van der Waals surface area contributed by atoms with Crippen LogP contribution in [0.2, 0.25) is 0 Å². The van der Waals surface area contributed by atoms with Crippen molar-refractivity contribution in [1.29, 1.82) is 0 Å². The van der Waals surface area contributed by atoms with Crippen molar-refractivity contribution in [2.75, 3.05) is 13.2 Å². The summed E-state index contributed by atoms with van der Waals surface area (Å²) in [5, 5.41) is 0. The fraction of sp³-hybridized carbons (Fsp3) is 1.00. The molecule has 12 heavy (non-hydrogen) atoms. The number of hydrogen-bond acceptors (Lipinski definition) is 2. The second-order valence-electron chi connectivity index (χ2n) is 3.35. The fourth-order valence-electron chi connectivity index (χ4n) is 1.30. The van der Waals surface area contributed by atoms with Gasteiger partial charge >= 0.3 is 0 Å². The number of halogens is 1. The zero-order chi connectivity index (χ0) is 9.56. The molecule has 0 N–H and O–H groups in total. The van der Waals surface area contributed by atoms with E-state index in [1.807, 2.05) is 0 Å². The molecule has 74 valence electrons. The van der Waals surface area contributed by atoms with Crippen LogP contribution >= 0.6 is 19.4 Å². The van der Waals surface area contributed by atoms with E-state index >= 15 is 0 Å². The van der Waals surface area contributed by atoms with E-state index in [2.05, 4.69) is 32.6 Å². The third kappa shape index (κ3) is 5.31. The molecule has 0 heterocycles. The number of hydrogen-bond donors (Lipinski definition) is 0. The minimum Gasteiger partial charge on any atom is -0.345 e. The van der Waals surface area contributed by atoms with Gasteiger partial charge in [0.1, 0.15) is 8.16 Å². The first kappa shape index (κ1) is 12.6. The summed E-state index contributed by atoms with van der Waals surface area (Å²) in [7, 11) is 0.0900. The predicted octanol–water partition coefficient (Wildman–Crippen LogP) is 2.87. The maximum Gasteiger partial charge on any atom is 0.110 e. The van der Waals surface area contributed by atoms with E-state index < -0.39 is 0 Å². The first-order chi connectivity index (χ1) is 5.59. The summed E-state index contributed by atoms with van der Waals surface area (Å²) in [6.45, 7) is 10.5. The molecule has 0 bridgehead atoms. The molecule has 0 aromatic carbocycles. The average Bonchev–Trinajstić information content (AvgIpc) is 1.96. The molecule has 0 aromatic rings. The molecule has 0 aliphatic carbocycles. The zero-order valence-corrected chi connectivity index (χ0v) is 10.1. The van der Waals surface area contributed by atoms with Gasteiger partial charge in [0.15, 0.2) is 0 Å². The van der Waals surface area contributed by atoms with Crippen LogP contribution in [-0.4, -0.2) is 30.1 Å². The largest absolute Gasteiger partial charge is 0.345 e. The normalized spacial score (nSPS) is 13.0. The van der Waals surface area contributed by atoms with E-state index in [0.29, 0.717) is 12.1 Å². The van der Waals surface area contributed by atoms with E-state index in [4.69, 9.17) is 15.8 Å². The molecule has 0 saturated heterocycles. The van der Waals surface area contributed by atoms with Crippen LogP contribution in [0.3, 0.4) is 0 Å². The quantitative estimate of drug-likeness (QED) is 0.495. The topological polar surface area (TPSA) is 12.5 Å². The summed E-state index contributed by atoms with van der Waals surface area (Å²) < 4.78 is 5.12. The molecule has 0 aliphatic heterocycles. The van der Waals surface area contributed by atoms with Gasteiger partial charge in [0.2, 0.25) is 0 Å². The summed E-state index contributed by atoms with van der Waals surface area (Å²) in [5.41, 5.74) is 0. The lowest BCUT2D eigenvalue weighted by atomic mass is 10.2. The highest BCUT2D eigenvalue weighted by molar-refractivity contribution is 7.64. The Labute approximate surface area is 82.3 Å². The van der Waals surface area contributed by atoms with Crippen LogP contribution in [0, 0.1) is 0 Å². The Hall–Kier alpha value is 0.640. The molecule has 0 saturated carbocycles. The number of nitrogens with zero attached hydrogens (tertiary/aromatic N) is 1. The van der Waals surface area contributed by atoms with E-state index in [-0.39, 0.29) is 8.16 Å². The van der Waals surface area contributed by atoms with Gasteiger partial charge in [0.05, 0.1) is 6.61 Å². The summed E-state index contributed by atoms with van der Waals surface area (Å²) in [5.74, 6) is 0. The van der Waals surface area contributed by atoms with Gasteiger partial charge < -0.3 is 4.52 Å². The van der Waals surface area contributed by atoms with Crippen molar-refractivity contribution < 1.29 is 4.52 Å². The van der Waals surface area contributed by atoms with Gasteiger partial charge in [-0.15, -0.1) is 0 Å². The third-order valence-corrected chi connectivity index (χ3v) is 2.47. The third-order valence-electron chi connectivity index (χ3n) is 1.83. The monoisotopic (exact) mass is 211 g/mol. The molecular formula is C8H19ClNOP. The molecule has 2 nitrogen and oxygen atoms in total. The summed E-state index contributed by atoms with van der Waals surface area (Å²) in [4.78, 5) is 2.39. The standard InChI is InChI=1S/C8H19ClNOP/c1-7(2)10(8(3)4)5-6-11-12-9/h7-8,12H,5-6H2,1-4H3. The highest BCUT2D eigenvalue weighted by Gasteiger charge is 2.11. The molecular weight excluding hydrogens is 193 g/mol. The second-order valence-corrected chi connectivity index (χ2v) is 4.26. The molecule has 0 radical (unpaired) electrons. The average molecular weight is 212 g/mol. The highest BCUT2D eigenvalue weighted by Crippen LogP contribution is 2.16. The van der Waals surface area contributed by atoms with E-state index in [0.717, 1.165) is 13.2 Å². The van der Waals surface area contributed by atoms with Crippen LogP contribution in [0.25, 0.3) is 0 Å². The van der Waals surface area contributed by atoms with Gasteiger partial charge in [-0.1, -0.05) is 11.2 Å². The highest BCUT2D eigenvalue weighted by atomic mass is 35.7. The summed E-state index contributed by atoms with van der Waals surface area (Å²) in [6.07, 6.45) is 0. The van der Waals surface area contributed by atoms with Crippen LogP contribution in [0.15, 0.2) is 0 Å². The Bertz CT molecular complexity index is 103. The van der Waals surface area contributed by atoms with E-state index in [1.54, 1.807) is 0 Å². The molecule has 0 rings (SSSR count). The fourth-order valence-corrected chi connectivity index (χ4v) is 1.70. The van der Waals surface area contributed by atoms with Gasteiger partial charge in [0.25, 0.3) is 0 Å². The Morgan fingerprint density at radius 1 is 1.25 bits per heavy atom. The maximum atomic E-state index is 5.43. The van der Waals surface area contributed by atoms with Gasteiger partial charge in [-0.05, 0) is 27.7 Å². The Morgan fingerprint density at radius 2 is 1.75 bits per heavy atom. The predicted molar refractivity (Wildman–Crippen MR) is 57.1 cm³/mol. The molecule has 0 amide bonds. The molecule has 0 spiro atoms. The van der Waals surface area contributed by atoms with Gasteiger partial charge in [-0.2, -0.15) is 0 Å². The first-order valence-corrected chi connectivity index (χ1v) is 6.24. The Balaban J connectivity index is 3.64. The second kappa shape index (κ2) is 7.08. The van der Waals surface area contributed by atoms with Crippen LogP contribution < -0.4 is 0 Å². The van der Waals surface area contributed by atoms with Gasteiger partial charge in [-0.25, -0.2) is 0 Å². The zero-order valence-electron chi connectivity index (χ0n) is 8.30. The Morgan fingerprint density at radius 3 is 2.08 bits per heavy atom. The van der Waals surface area contributed by atoms with Crippen LogP contribution in [0.5, 0.6) is 0 Å². The molecule has 0 aromatic heterocycles. The molecule has 4 heteroatoms. The minimum atomic E-state index is 0.0900. The molecule has 1 atom stereocenters. The molecule has 1 unspecified atom stereocenters. The van der Waals surface area contributed by atoms with Crippen molar-refractivity contribution in [2.45, 2.75) is 39.8 Å². The minimum absolute atomic E-state index is 0.0900. The lowest BCUT2D eigenvalue weighted by molar-refractivity contribution is 0.148.